The molecule has 0 amide bonds. The fourth-order valence-electron chi connectivity index (χ4n) is 4.46. The number of aromatic nitrogens is 2. The van der Waals surface area contributed by atoms with Crippen molar-refractivity contribution in [2.24, 2.45) is 0 Å². The number of halogens is 1. The Bertz CT molecular complexity index is 1420. The minimum Gasteiger partial charge on any atom is -0.397 e. The topological polar surface area (TPSA) is 76.5 Å². The molecule has 0 radical (unpaired) electrons. The van der Waals surface area contributed by atoms with Gasteiger partial charge in [0.15, 0.2) is 0 Å². The summed E-state index contributed by atoms with van der Waals surface area (Å²) in [6, 6.07) is 17.1. The number of hydrogen-bond acceptors (Lipinski definition) is 6. The van der Waals surface area contributed by atoms with E-state index in [1.165, 1.54) is 11.8 Å². The van der Waals surface area contributed by atoms with Crippen molar-refractivity contribution in [2.75, 3.05) is 68.2 Å². The molecule has 186 valence electrons. The van der Waals surface area contributed by atoms with Crippen LogP contribution in [-0.2, 0) is 0 Å². The van der Waals surface area contributed by atoms with Crippen LogP contribution in [0.5, 0.6) is 0 Å². The molecule has 0 spiro atoms. The van der Waals surface area contributed by atoms with Crippen LogP contribution in [0.4, 0.5) is 27.1 Å². The van der Waals surface area contributed by atoms with Crippen molar-refractivity contribution in [2.45, 2.75) is 0 Å². The maximum atomic E-state index is 14.7. The van der Waals surface area contributed by atoms with Gasteiger partial charge in [-0.1, -0.05) is 6.58 Å². The summed E-state index contributed by atoms with van der Waals surface area (Å²) in [5.74, 6) is 0.401. The fourth-order valence-corrected chi connectivity index (χ4v) is 4.46. The molecule has 3 aromatic carbocycles. The van der Waals surface area contributed by atoms with Crippen molar-refractivity contribution in [1.82, 2.24) is 14.9 Å². The lowest BCUT2D eigenvalue weighted by Crippen LogP contribution is -2.44. The molecular formula is C28H32FN7. The fraction of sp³-hybridized carbons (Fsp3) is 0.250. The van der Waals surface area contributed by atoms with Crippen LogP contribution in [0.2, 0.25) is 0 Å². The second-order valence-electron chi connectivity index (χ2n) is 9.54. The number of aromatic amines is 1. The van der Waals surface area contributed by atoms with E-state index < -0.39 is 0 Å². The first-order valence-electron chi connectivity index (χ1n) is 12.0. The third-order valence-electron chi connectivity index (χ3n) is 6.74. The molecule has 5 rings (SSSR count). The highest BCUT2D eigenvalue weighted by Crippen LogP contribution is 2.31. The van der Waals surface area contributed by atoms with Gasteiger partial charge in [-0.15, -0.1) is 0 Å². The Morgan fingerprint density at radius 1 is 1.06 bits per heavy atom. The van der Waals surface area contributed by atoms with Crippen LogP contribution in [0.25, 0.3) is 28.1 Å². The molecule has 4 aromatic rings. The monoisotopic (exact) mass is 485 g/mol. The molecule has 1 aromatic heterocycles. The number of anilines is 4. The van der Waals surface area contributed by atoms with E-state index >= 15 is 0 Å². The van der Waals surface area contributed by atoms with E-state index in [0.717, 1.165) is 54.3 Å². The molecule has 1 aliphatic rings. The van der Waals surface area contributed by atoms with Crippen LogP contribution in [0.1, 0.15) is 5.56 Å². The first kappa shape index (κ1) is 23.7. The van der Waals surface area contributed by atoms with Gasteiger partial charge in [0.2, 0.25) is 0 Å². The Labute approximate surface area is 211 Å². The summed E-state index contributed by atoms with van der Waals surface area (Å²) in [7, 11) is 5.90. The predicted molar refractivity (Wildman–Crippen MR) is 149 cm³/mol. The highest BCUT2D eigenvalue weighted by molar-refractivity contribution is 5.87. The number of rotatable bonds is 6. The molecule has 36 heavy (non-hydrogen) atoms. The first-order valence-corrected chi connectivity index (χ1v) is 12.0. The number of H-pyrrole nitrogens is 1. The number of likely N-dealkylation sites (N-methyl/N-ethyl adjacent to an activating group) is 1. The van der Waals surface area contributed by atoms with E-state index in [9.17, 15) is 4.39 Å². The lowest BCUT2D eigenvalue weighted by atomic mass is 10.1. The molecule has 1 fully saturated rings. The van der Waals surface area contributed by atoms with Crippen molar-refractivity contribution in [3.8, 4) is 11.4 Å². The zero-order valence-electron chi connectivity index (χ0n) is 21.0. The van der Waals surface area contributed by atoms with Crippen LogP contribution in [0.15, 0.2) is 61.2 Å². The van der Waals surface area contributed by atoms with Crippen molar-refractivity contribution in [3.05, 3.63) is 72.6 Å². The normalized spacial score (nSPS) is 14.3. The maximum Gasteiger partial charge on any atom is 0.138 e. The Morgan fingerprint density at radius 3 is 2.56 bits per heavy atom. The number of benzene rings is 3. The van der Waals surface area contributed by atoms with Gasteiger partial charge in [-0.05, 0) is 61.6 Å². The average Bonchev–Trinajstić information content (AvgIpc) is 3.29. The van der Waals surface area contributed by atoms with Gasteiger partial charge in [-0.3, -0.25) is 0 Å². The molecule has 7 nitrogen and oxygen atoms in total. The standard InChI is InChI=1S/C28H32FN7/c1-18(22-8-6-20(34(2)3)16-23(22)29)31-26-15-19(5-9-24(26)30)28-32-25-10-7-21(17-27(25)33-28)36-13-11-35(4)12-14-36/h5-10,15-17,31H,1,11-14,30H2,2-4H3,(H,32,33). The first-order chi connectivity index (χ1) is 17.3. The van der Waals surface area contributed by atoms with Gasteiger partial charge in [0, 0.05) is 68.5 Å². The van der Waals surface area contributed by atoms with E-state index in [1.54, 1.807) is 6.07 Å². The molecule has 1 aliphatic heterocycles. The number of hydrogen-bond donors (Lipinski definition) is 3. The molecule has 0 aliphatic carbocycles. The van der Waals surface area contributed by atoms with Crippen LogP contribution in [-0.4, -0.2) is 62.2 Å². The van der Waals surface area contributed by atoms with E-state index in [0.29, 0.717) is 22.6 Å². The Balaban J connectivity index is 1.39. The van der Waals surface area contributed by atoms with Gasteiger partial charge in [-0.2, -0.15) is 0 Å². The van der Waals surface area contributed by atoms with Crippen LogP contribution in [0.3, 0.4) is 0 Å². The number of nitrogen functional groups attached to an aromatic ring is 1. The SMILES string of the molecule is C=C(Nc1cc(-c2nc3ccc(N4CCN(C)CC4)cc3[nH]2)ccc1N)c1ccc(N(C)C)cc1F. The minimum absolute atomic E-state index is 0.345. The van der Waals surface area contributed by atoms with E-state index in [1.807, 2.05) is 43.3 Å². The zero-order chi connectivity index (χ0) is 25.4. The number of fused-ring (bicyclic) bond motifs is 1. The molecule has 0 saturated carbocycles. The molecule has 8 heteroatoms. The van der Waals surface area contributed by atoms with Gasteiger partial charge in [0.1, 0.15) is 11.6 Å². The number of nitrogens with zero attached hydrogens (tertiary/aromatic N) is 4. The molecule has 0 atom stereocenters. The largest absolute Gasteiger partial charge is 0.397 e. The molecule has 2 heterocycles. The second kappa shape index (κ2) is 9.54. The summed E-state index contributed by atoms with van der Waals surface area (Å²) >= 11 is 0. The summed E-state index contributed by atoms with van der Waals surface area (Å²) in [4.78, 5) is 14.8. The summed E-state index contributed by atoms with van der Waals surface area (Å²) in [6.07, 6.45) is 0. The summed E-state index contributed by atoms with van der Waals surface area (Å²) in [5, 5.41) is 3.19. The molecule has 0 bridgehead atoms. The highest BCUT2D eigenvalue weighted by atomic mass is 19.1. The quantitative estimate of drug-likeness (QED) is 0.339. The number of nitrogens with one attached hydrogen (secondary N) is 2. The van der Waals surface area contributed by atoms with Crippen LogP contribution < -0.4 is 20.9 Å². The van der Waals surface area contributed by atoms with Crippen molar-refractivity contribution >= 4 is 39.5 Å². The maximum absolute atomic E-state index is 14.7. The van der Waals surface area contributed by atoms with Crippen molar-refractivity contribution in [3.63, 3.8) is 0 Å². The Hall–Kier alpha value is -4.04. The molecular weight excluding hydrogens is 453 g/mol. The van der Waals surface area contributed by atoms with Crippen molar-refractivity contribution in [1.29, 1.82) is 0 Å². The summed E-state index contributed by atoms with van der Waals surface area (Å²) in [6.45, 7) is 8.18. The number of imidazole rings is 1. The summed E-state index contributed by atoms with van der Waals surface area (Å²) < 4.78 is 14.7. The Kier molecular flexibility index (Phi) is 6.28. The van der Waals surface area contributed by atoms with Gasteiger partial charge in [-0.25, -0.2) is 9.37 Å². The van der Waals surface area contributed by atoms with Crippen LogP contribution in [0, 0.1) is 5.82 Å². The van der Waals surface area contributed by atoms with Crippen LogP contribution >= 0.6 is 0 Å². The minimum atomic E-state index is -0.345. The van der Waals surface area contributed by atoms with Gasteiger partial charge in [0.25, 0.3) is 0 Å². The average molecular weight is 486 g/mol. The third kappa shape index (κ3) is 4.72. The van der Waals surface area contributed by atoms with Gasteiger partial charge in [0.05, 0.1) is 22.4 Å². The number of piperazine rings is 1. The highest BCUT2D eigenvalue weighted by Gasteiger charge is 2.16. The smallest absolute Gasteiger partial charge is 0.138 e. The lowest BCUT2D eigenvalue weighted by Gasteiger charge is -2.34. The van der Waals surface area contributed by atoms with Gasteiger partial charge >= 0.3 is 0 Å². The van der Waals surface area contributed by atoms with E-state index in [2.05, 4.69) is 51.9 Å². The third-order valence-corrected chi connectivity index (χ3v) is 6.74. The summed E-state index contributed by atoms with van der Waals surface area (Å²) in [5.41, 5.74) is 13.0. The lowest BCUT2D eigenvalue weighted by molar-refractivity contribution is 0.313. The van der Waals surface area contributed by atoms with Crippen molar-refractivity contribution < 1.29 is 4.39 Å². The zero-order valence-corrected chi connectivity index (χ0v) is 21.0. The molecule has 1 saturated heterocycles. The Morgan fingerprint density at radius 2 is 1.83 bits per heavy atom. The second-order valence-corrected chi connectivity index (χ2v) is 9.54. The molecule has 0 unspecified atom stereocenters. The molecule has 4 N–H and O–H groups in total. The van der Waals surface area contributed by atoms with E-state index in [-0.39, 0.29) is 5.82 Å². The van der Waals surface area contributed by atoms with E-state index in [4.69, 9.17) is 10.7 Å². The van der Waals surface area contributed by atoms with Gasteiger partial charge < -0.3 is 30.7 Å². The number of nitrogens with two attached hydrogens (primary N) is 1. The predicted octanol–water partition coefficient (Wildman–Crippen LogP) is 4.85.